The molecule has 100 valence electrons. The maximum atomic E-state index is 11.9. The summed E-state index contributed by atoms with van der Waals surface area (Å²) in [7, 11) is 1.67. The molecule has 0 radical (unpaired) electrons. The van der Waals surface area contributed by atoms with E-state index in [0.29, 0.717) is 19.6 Å². The Morgan fingerprint density at radius 1 is 1.53 bits per heavy atom. The van der Waals surface area contributed by atoms with E-state index in [1.807, 2.05) is 0 Å². The Hall–Kier alpha value is -0.610. The number of carbonyl (C=O) groups is 1. The van der Waals surface area contributed by atoms with Crippen LogP contribution in [0.25, 0.3) is 0 Å². The standard InChI is InChI=1S/C13H26N2O2/c1-3-5-11(9-17-2)15-12(16)8-13(10-14)6-4-7-13/h11H,3-10,14H2,1-2H3,(H,15,16). The van der Waals surface area contributed by atoms with Crippen molar-refractivity contribution >= 4 is 5.91 Å². The number of carbonyl (C=O) groups excluding carboxylic acids is 1. The molecule has 1 saturated carbocycles. The SMILES string of the molecule is CCCC(COC)NC(=O)CC1(CN)CCC1. The molecule has 1 amide bonds. The molecule has 0 spiro atoms. The smallest absolute Gasteiger partial charge is 0.220 e. The van der Waals surface area contributed by atoms with Crippen LogP contribution in [0, 0.1) is 5.41 Å². The van der Waals surface area contributed by atoms with Gasteiger partial charge in [0.2, 0.25) is 5.91 Å². The molecule has 1 unspecified atom stereocenters. The Labute approximate surface area is 104 Å². The molecule has 0 saturated heterocycles. The van der Waals surface area contributed by atoms with Crippen molar-refractivity contribution in [3.63, 3.8) is 0 Å². The quantitative estimate of drug-likeness (QED) is 0.677. The number of rotatable bonds is 8. The van der Waals surface area contributed by atoms with Crippen molar-refractivity contribution in [1.82, 2.24) is 5.32 Å². The summed E-state index contributed by atoms with van der Waals surface area (Å²) < 4.78 is 5.11. The summed E-state index contributed by atoms with van der Waals surface area (Å²) in [6.45, 7) is 3.33. The predicted octanol–water partition coefficient (Wildman–Crippen LogP) is 1.44. The number of nitrogens with one attached hydrogen (secondary N) is 1. The van der Waals surface area contributed by atoms with Gasteiger partial charge in [0.15, 0.2) is 0 Å². The second-order valence-corrected chi connectivity index (χ2v) is 5.24. The van der Waals surface area contributed by atoms with Crippen LogP contribution in [-0.2, 0) is 9.53 Å². The number of hydrogen-bond donors (Lipinski definition) is 2. The lowest BCUT2D eigenvalue weighted by atomic mass is 9.66. The van der Waals surface area contributed by atoms with Gasteiger partial charge in [0.25, 0.3) is 0 Å². The molecule has 0 aromatic carbocycles. The van der Waals surface area contributed by atoms with Gasteiger partial charge < -0.3 is 15.8 Å². The molecule has 0 bridgehead atoms. The molecule has 4 heteroatoms. The summed E-state index contributed by atoms with van der Waals surface area (Å²) in [5.41, 5.74) is 5.85. The number of amides is 1. The molecule has 1 atom stereocenters. The fraction of sp³-hybridized carbons (Fsp3) is 0.923. The summed E-state index contributed by atoms with van der Waals surface area (Å²) in [4.78, 5) is 11.9. The molecule has 0 aromatic heterocycles. The van der Waals surface area contributed by atoms with Crippen molar-refractivity contribution in [2.24, 2.45) is 11.1 Å². The molecule has 4 nitrogen and oxygen atoms in total. The van der Waals surface area contributed by atoms with Crippen molar-refractivity contribution < 1.29 is 9.53 Å². The van der Waals surface area contributed by atoms with E-state index in [9.17, 15) is 4.79 Å². The fourth-order valence-corrected chi connectivity index (χ4v) is 2.50. The average Bonchev–Trinajstić information content (AvgIpc) is 2.24. The van der Waals surface area contributed by atoms with Crippen LogP contribution in [0.3, 0.4) is 0 Å². The Morgan fingerprint density at radius 2 is 2.24 bits per heavy atom. The number of ether oxygens (including phenoxy) is 1. The minimum atomic E-state index is 0.0912. The van der Waals surface area contributed by atoms with Gasteiger partial charge in [-0.25, -0.2) is 0 Å². The molecular weight excluding hydrogens is 216 g/mol. The van der Waals surface area contributed by atoms with Gasteiger partial charge in [0.1, 0.15) is 0 Å². The van der Waals surface area contributed by atoms with Gasteiger partial charge in [0.05, 0.1) is 12.6 Å². The Morgan fingerprint density at radius 3 is 2.65 bits per heavy atom. The number of nitrogens with two attached hydrogens (primary N) is 1. The first-order chi connectivity index (χ1) is 8.15. The van der Waals surface area contributed by atoms with Crippen LogP contribution in [-0.4, -0.2) is 32.2 Å². The molecule has 1 aliphatic rings. The van der Waals surface area contributed by atoms with Crippen LogP contribution in [0.4, 0.5) is 0 Å². The van der Waals surface area contributed by atoms with Crippen LogP contribution in [0.5, 0.6) is 0 Å². The number of hydrogen-bond acceptors (Lipinski definition) is 3. The lowest BCUT2D eigenvalue weighted by molar-refractivity contribution is -0.125. The van der Waals surface area contributed by atoms with Crippen LogP contribution >= 0.6 is 0 Å². The zero-order valence-corrected chi connectivity index (χ0v) is 11.1. The molecule has 17 heavy (non-hydrogen) atoms. The Balaban J connectivity index is 2.35. The van der Waals surface area contributed by atoms with E-state index in [4.69, 9.17) is 10.5 Å². The third-order valence-electron chi connectivity index (χ3n) is 3.75. The second kappa shape index (κ2) is 6.97. The topological polar surface area (TPSA) is 64.3 Å². The first-order valence-corrected chi connectivity index (χ1v) is 6.64. The molecule has 0 heterocycles. The van der Waals surface area contributed by atoms with Crippen molar-refractivity contribution in [3.05, 3.63) is 0 Å². The van der Waals surface area contributed by atoms with E-state index in [1.165, 1.54) is 6.42 Å². The average molecular weight is 242 g/mol. The minimum Gasteiger partial charge on any atom is -0.383 e. The van der Waals surface area contributed by atoms with Crippen molar-refractivity contribution in [2.45, 2.75) is 51.5 Å². The second-order valence-electron chi connectivity index (χ2n) is 5.24. The highest BCUT2D eigenvalue weighted by Crippen LogP contribution is 2.42. The highest BCUT2D eigenvalue weighted by atomic mass is 16.5. The summed E-state index contributed by atoms with van der Waals surface area (Å²) in [5, 5.41) is 3.06. The van der Waals surface area contributed by atoms with Gasteiger partial charge in [-0.2, -0.15) is 0 Å². The van der Waals surface area contributed by atoms with Gasteiger partial charge in [-0.15, -0.1) is 0 Å². The lowest BCUT2D eigenvalue weighted by Gasteiger charge is -2.40. The van der Waals surface area contributed by atoms with Gasteiger partial charge in [0, 0.05) is 13.5 Å². The Bertz CT molecular complexity index is 228. The Kier molecular flexibility index (Phi) is 5.92. The molecule has 1 rings (SSSR count). The summed E-state index contributed by atoms with van der Waals surface area (Å²) in [6, 6.07) is 0.146. The third-order valence-corrected chi connectivity index (χ3v) is 3.75. The minimum absolute atomic E-state index is 0.0912. The third kappa shape index (κ3) is 4.28. The maximum Gasteiger partial charge on any atom is 0.220 e. The molecule has 3 N–H and O–H groups in total. The maximum absolute atomic E-state index is 11.9. The van der Waals surface area contributed by atoms with Crippen molar-refractivity contribution in [2.75, 3.05) is 20.3 Å². The largest absolute Gasteiger partial charge is 0.383 e. The van der Waals surface area contributed by atoms with Crippen molar-refractivity contribution in [1.29, 1.82) is 0 Å². The zero-order chi connectivity index (χ0) is 12.7. The molecule has 1 aliphatic carbocycles. The predicted molar refractivity (Wildman–Crippen MR) is 68.7 cm³/mol. The van der Waals surface area contributed by atoms with E-state index in [0.717, 1.165) is 25.7 Å². The van der Waals surface area contributed by atoms with Gasteiger partial charge >= 0.3 is 0 Å². The monoisotopic (exact) mass is 242 g/mol. The van der Waals surface area contributed by atoms with E-state index in [2.05, 4.69) is 12.2 Å². The van der Waals surface area contributed by atoms with Gasteiger partial charge in [-0.1, -0.05) is 19.8 Å². The molecule has 0 aromatic rings. The first kappa shape index (κ1) is 14.5. The van der Waals surface area contributed by atoms with Crippen LogP contribution < -0.4 is 11.1 Å². The molecule has 0 aliphatic heterocycles. The van der Waals surface area contributed by atoms with Gasteiger partial charge in [-0.3, -0.25) is 4.79 Å². The van der Waals surface area contributed by atoms with Gasteiger partial charge in [-0.05, 0) is 31.2 Å². The van der Waals surface area contributed by atoms with E-state index in [1.54, 1.807) is 7.11 Å². The van der Waals surface area contributed by atoms with Crippen LogP contribution in [0.15, 0.2) is 0 Å². The summed E-state index contributed by atoms with van der Waals surface area (Å²) in [6.07, 6.45) is 6.00. The highest BCUT2D eigenvalue weighted by molar-refractivity contribution is 5.77. The number of methoxy groups -OCH3 is 1. The van der Waals surface area contributed by atoms with Crippen LogP contribution in [0.1, 0.15) is 45.4 Å². The van der Waals surface area contributed by atoms with Crippen molar-refractivity contribution in [3.8, 4) is 0 Å². The van der Waals surface area contributed by atoms with E-state index >= 15 is 0 Å². The lowest BCUT2D eigenvalue weighted by Crippen LogP contribution is -2.45. The first-order valence-electron chi connectivity index (χ1n) is 6.64. The molecular formula is C13H26N2O2. The molecule has 1 fully saturated rings. The van der Waals surface area contributed by atoms with E-state index in [-0.39, 0.29) is 17.4 Å². The fourth-order valence-electron chi connectivity index (χ4n) is 2.50. The highest BCUT2D eigenvalue weighted by Gasteiger charge is 2.37. The summed E-state index contributed by atoms with van der Waals surface area (Å²) in [5.74, 6) is 0.130. The van der Waals surface area contributed by atoms with Crippen LogP contribution in [0.2, 0.25) is 0 Å². The van der Waals surface area contributed by atoms with E-state index < -0.39 is 0 Å². The zero-order valence-electron chi connectivity index (χ0n) is 11.1. The summed E-state index contributed by atoms with van der Waals surface area (Å²) >= 11 is 0. The normalized spacial score (nSPS) is 19.5.